The third-order valence-electron chi connectivity index (χ3n) is 4.76. The number of rotatable bonds is 6. The zero-order valence-electron chi connectivity index (χ0n) is 14.5. The molecule has 2 aliphatic rings. The maximum absolute atomic E-state index is 12.4. The van der Waals surface area contributed by atoms with Gasteiger partial charge in [0.05, 0.1) is 12.6 Å². The van der Waals surface area contributed by atoms with Crippen LogP contribution in [0.25, 0.3) is 0 Å². The normalized spacial score (nSPS) is 20.1. The Kier molecular flexibility index (Phi) is 6.09. The standard InChI is InChI=1S/C18H25BrN4O2/c1-13(18(25)21-16-4-2-14(19)3-5-16)23-10-8-22(9-11-23)12-17(24)20-15-6-7-15/h2-5,13,15H,6-12H2,1H3,(H,20,24)(H,21,25). The summed E-state index contributed by atoms with van der Waals surface area (Å²) < 4.78 is 0.986. The topological polar surface area (TPSA) is 64.7 Å². The zero-order chi connectivity index (χ0) is 17.8. The Morgan fingerprint density at radius 3 is 2.40 bits per heavy atom. The van der Waals surface area contributed by atoms with Crippen LogP contribution in [0.15, 0.2) is 28.7 Å². The minimum absolute atomic E-state index is 0.00208. The number of halogens is 1. The molecule has 1 aliphatic carbocycles. The fourth-order valence-corrected chi connectivity index (χ4v) is 3.22. The van der Waals surface area contributed by atoms with Crippen LogP contribution < -0.4 is 10.6 Å². The van der Waals surface area contributed by atoms with Crippen LogP contribution in [-0.2, 0) is 9.59 Å². The zero-order valence-corrected chi connectivity index (χ0v) is 16.1. The summed E-state index contributed by atoms with van der Waals surface area (Å²) >= 11 is 3.39. The Balaban J connectivity index is 1.42. The van der Waals surface area contributed by atoms with E-state index in [0.29, 0.717) is 12.6 Å². The van der Waals surface area contributed by atoms with E-state index in [9.17, 15) is 9.59 Å². The van der Waals surface area contributed by atoms with Crippen LogP contribution >= 0.6 is 15.9 Å². The summed E-state index contributed by atoms with van der Waals surface area (Å²) in [7, 11) is 0. The second kappa shape index (κ2) is 8.29. The van der Waals surface area contributed by atoms with E-state index in [2.05, 4.69) is 36.4 Å². The van der Waals surface area contributed by atoms with E-state index in [1.807, 2.05) is 31.2 Å². The van der Waals surface area contributed by atoms with Crippen molar-refractivity contribution in [3.8, 4) is 0 Å². The summed E-state index contributed by atoms with van der Waals surface area (Å²) in [6.45, 7) is 5.62. The molecule has 1 atom stereocenters. The molecule has 0 aromatic heterocycles. The lowest BCUT2D eigenvalue weighted by Gasteiger charge is -2.37. The van der Waals surface area contributed by atoms with Gasteiger partial charge in [0.1, 0.15) is 0 Å². The molecule has 2 amide bonds. The minimum Gasteiger partial charge on any atom is -0.352 e. The van der Waals surface area contributed by atoms with Crippen LogP contribution in [0.5, 0.6) is 0 Å². The molecule has 1 saturated carbocycles. The van der Waals surface area contributed by atoms with E-state index in [1.165, 1.54) is 0 Å². The molecule has 0 radical (unpaired) electrons. The van der Waals surface area contributed by atoms with Crippen molar-refractivity contribution < 1.29 is 9.59 Å². The average Bonchev–Trinajstić information content (AvgIpc) is 3.40. The molecule has 2 fully saturated rings. The van der Waals surface area contributed by atoms with E-state index >= 15 is 0 Å². The predicted octanol–water partition coefficient (Wildman–Crippen LogP) is 1.67. The van der Waals surface area contributed by atoms with E-state index in [0.717, 1.165) is 49.2 Å². The molecule has 6 nitrogen and oxygen atoms in total. The van der Waals surface area contributed by atoms with Crippen molar-refractivity contribution in [1.82, 2.24) is 15.1 Å². The lowest BCUT2D eigenvalue weighted by Crippen LogP contribution is -2.54. The number of hydrogen-bond donors (Lipinski definition) is 2. The summed E-state index contributed by atoms with van der Waals surface area (Å²) in [6, 6.07) is 7.80. The molecule has 1 saturated heterocycles. The number of hydrogen-bond acceptors (Lipinski definition) is 4. The summed E-state index contributed by atoms with van der Waals surface area (Å²) in [5, 5.41) is 5.98. The van der Waals surface area contributed by atoms with E-state index < -0.39 is 0 Å². The first kappa shape index (κ1) is 18.4. The van der Waals surface area contributed by atoms with Gasteiger partial charge in [-0.2, -0.15) is 0 Å². The largest absolute Gasteiger partial charge is 0.352 e. The Morgan fingerprint density at radius 1 is 1.16 bits per heavy atom. The maximum Gasteiger partial charge on any atom is 0.241 e. The van der Waals surface area contributed by atoms with Crippen molar-refractivity contribution in [3.63, 3.8) is 0 Å². The summed E-state index contributed by atoms with van der Waals surface area (Å²) in [5.41, 5.74) is 0.801. The van der Waals surface area contributed by atoms with Crippen molar-refractivity contribution in [2.75, 3.05) is 38.0 Å². The lowest BCUT2D eigenvalue weighted by molar-refractivity contribution is -0.124. The van der Waals surface area contributed by atoms with Gasteiger partial charge < -0.3 is 10.6 Å². The number of nitrogens with zero attached hydrogens (tertiary/aromatic N) is 2. The molecule has 0 spiro atoms. The number of anilines is 1. The molecular formula is C18H25BrN4O2. The summed E-state index contributed by atoms with van der Waals surface area (Å²) in [5.74, 6) is 0.124. The van der Waals surface area contributed by atoms with Gasteiger partial charge in [0, 0.05) is 42.4 Å². The molecule has 1 aliphatic heterocycles. The van der Waals surface area contributed by atoms with Crippen molar-refractivity contribution in [3.05, 3.63) is 28.7 Å². The van der Waals surface area contributed by atoms with Gasteiger partial charge in [0.2, 0.25) is 11.8 Å². The highest BCUT2D eigenvalue weighted by Crippen LogP contribution is 2.18. The first-order chi connectivity index (χ1) is 12.0. The highest BCUT2D eigenvalue weighted by molar-refractivity contribution is 9.10. The van der Waals surface area contributed by atoms with Crippen LogP contribution in [0, 0.1) is 0 Å². The van der Waals surface area contributed by atoms with Crippen molar-refractivity contribution in [2.45, 2.75) is 31.8 Å². The number of nitrogens with one attached hydrogen (secondary N) is 2. The van der Waals surface area contributed by atoms with Crippen LogP contribution in [0.2, 0.25) is 0 Å². The SMILES string of the molecule is CC(C(=O)Nc1ccc(Br)cc1)N1CCN(CC(=O)NC2CC2)CC1. The predicted molar refractivity (Wildman–Crippen MR) is 101 cm³/mol. The third kappa shape index (κ3) is 5.52. The average molecular weight is 409 g/mol. The van der Waals surface area contributed by atoms with Gasteiger partial charge in [-0.05, 0) is 44.0 Å². The van der Waals surface area contributed by atoms with Crippen LogP contribution in [-0.4, -0.2) is 66.4 Å². The Bertz CT molecular complexity index is 610. The van der Waals surface area contributed by atoms with Gasteiger partial charge >= 0.3 is 0 Å². The maximum atomic E-state index is 12.4. The Hall–Kier alpha value is -1.44. The van der Waals surface area contributed by atoms with Gasteiger partial charge in [-0.1, -0.05) is 15.9 Å². The van der Waals surface area contributed by atoms with Crippen molar-refractivity contribution >= 4 is 33.4 Å². The molecule has 7 heteroatoms. The second-order valence-corrected chi connectivity index (χ2v) is 7.74. The van der Waals surface area contributed by atoms with E-state index in [-0.39, 0.29) is 17.9 Å². The quantitative estimate of drug-likeness (QED) is 0.751. The van der Waals surface area contributed by atoms with E-state index in [4.69, 9.17) is 0 Å². The first-order valence-corrected chi connectivity index (χ1v) is 9.63. The monoisotopic (exact) mass is 408 g/mol. The van der Waals surface area contributed by atoms with Crippen LogP contribution in [0.4, 0.5) is 5.69 Å². The molecule has 2 N–H and O–H groups in total. The number of amides is 2. The first-order valence-electron chi connectivity index (χ1n) is 8.83. The molecule has 1 heterocycles. The van der Waals surface area contributed by atoms with Gasteiger partial charge in [-0.25, -0.2) is 0 Å². The number of carbonyl (C=O) groups excluding carboxylic acids is 2. The van der Waals surface area contributed by atoms with Crippen LogP contribution in [0.3, 0.4) is 0 Å². The molecule has 25 heavy (non-hydrogen) atoms. The van der Waals surface area contributed by atoms with E-state index in [1.54, 1.807) is 0 Å². The smallest absolute Gasteiger partial charge is 0.241 e. The van der Waals surface area contributed by atoms with Gasteiger partial charge in [-0.3, -0.25) is 19.4 Å². The van der Waals surface area contributed by atoms with Crippen molar-refractivity contribution in [1.29, 1.82) is 0 Å². The number of carbonyl (C=O) groups is 2. The molecule has 3 rings (SSSR count). The molecule has 1 aromatic rings. The Morgan fingerprint density at radius 2 is 1.80 bits per heavy atom. The molecule has 0 bridgehead atoms. The molecule has 136 valence electrons. The van der Waals surface area contributed by atoms with Gasteiger partial charge in [0.15, 0.2) is 0 Å². The fourth-order valence-electron chi connectivity index (χ4n) is 2.96. The van der Waals surface area contributed by atoms with Crippen LogP contribution in [0.1, 0.15) is 19.8 Å². The third-order valence-corrected chi connectivity index (χ3v) is 5.28. The second-order valence-electron chi connectivity index (χ2n) is 6.83. The molecule has 1 unspecified atom stereocenters. The fraction of sp³-hybridized carbons (Fsp3) is 0.556. The highest BCUT2D eigenvalue weighted by atomic mass is 79.9. The molecule has 1 aromatic carbocycles. The summed E-state index contributed by atoms with van der Waals surface area (Å²) in [4.78, 5) is 28.7. The number of benzene rings is 1. The van der Waals surface area contributed by atoms with Crippen molar-refractivity contribution in [2.24, 2.45) is 0 Å². The molecular weight excluding hydrogens is 384 g/mol. The van der Waals surface area contributed by atoms with Gasteiger partial charge in [-0.15, -0.1) is 0 Å². The highest BCUT2D eigenvalue weighted by Gasteiger charge is 2.28. The Labute approximate surface area is 157 Å². The lowest BCUT2D eigenvalue weighted by atomic mass is 10.2. The minimum atomic E-state index is -0.189. The number of piperazine rings is 1. The van der Waals surface area contributed by atoms with Gasteiger partial charge in [0.25, 0.3) is 0 Å². The summed E-state index contributed by atoms with van der Waals surface area (Å²) in [6.07, 6.45) is 2.23.